The fourth-order valence-corrected chi connectivity index (χ4v) is 1.65. The molecule has 0 aliphatic carbocycles. The topological polar surface area (TPSA) is 47.6 Å². The van der Waals surface area contributed by atoms with Crippen molar-refractivity contribution in [1.29, 1.82) is 0 Å². The van der Waals surface area contributed by atoms with Crippen LogP contribution in [0.25, 0.3) is 0 Å². The average molecular weight is 245 g/mol. The van der Waals surface area contributed by atoms with Crippen molar-refractivity contribution in [3.8, 4) is 0 Å². The van der Waals surface area contributed by atoms with Gasteiger partial charge in [-0.2, -0.15) is 0 Å². The Labute approximate surface area is 105 Å². The van der Waals surface area contributed by atoms with Gasteiger partial charge < -0.3 is 14.8 Å². The number of hydrogen-bond donors (Lipinski definition) is 1. The SMILES string of the molecule is CNC(C)(CC(C)OCCC(C)C)C(=O)OC. The van der Waals surface area contributed by atoms with Crippen LogP contribution in [0.3, 0.4) is 0 Å². The molecule has 0 aliphatic rings. The van der Waals surface area contributed by atoms with E-state index >= 15 is 0 Å². The molecule has 4 heteroatoms. The Morgan fingerprint density at radius 3 is 2.35 bits per heavy atom. The molecule has 4 nitrogen and oxygen atoms in total. The summed E-state index contributed by atoms with van der Waals surface area (Å²) < 4.78 is 10.5. The zero-order valence-corrected chi connectivity index (χ0v) is 12.0. The van der Waals surface area contributed by atoms with E-state index in [1.54, 1.807) is 7.05 Å². The van der Waals surface area contributed by atoms with Gasteiger partial charge in [0.1, 0.15) is 5.54 Å². The predicted molar refractivity (Wildman–Crippen MR) is 69.0 cm³/mol. The second-order valence-electron chi connectivity index (χ2n) is 5.14. The van der Waals surface area contributed by atoms with Crippen molar-refractivity contribution in [2.45, 2.75) is 52.2 Å². The van der Waals surface area contributed by atoms with Gasteiger partial charge >= 0.3 is 5.97 Å². The molecular formula is C13H27NO3. The third kappa shape index (κ3) is 6.03. The normalized spacial score (nSPS) is 16.6. The highest BCUT2D eigenvalue weighted by Crippen LogP contribution is 2.16. The van der Waals surface area contributed by atoms with E-state index in [4.69, 9.17) is 9.47 Å². The maximum Gasteiger partial charge on any atom is 0.325 e. The van der Waals surface area contributed by atoms with E-state index in [0.717, 1.165) is 13.0 Å². The Morgan fingerprint density at radius 1 is 1.35 bits per heavy atom. The zero-order chi connectivity index (χ0) is 13.5. The first-order chi connectivity index (χ1) is 7.85. The van der Waals surface area contributed by atoms with Gasteiger partial charge in [0, 0.05) is 13.0 Å². The number of carbonyl (C=O) groups excluding carboxylic acids is 1. The molecule has 0 aromatic rings. The van der Waals surface area contributed by atoms with Crippen LogP contribution in [0.2, 0.25) is 0 Å². The Hall–Kier alpha value is -0.610. The number of rotatable bonds is 8. The van der Waals surface area contributed by atoms with Gasteiger partial charge in [-0.15, -0.1) is 0 Å². The van der Waals surface area contributed by atoms with Crippen LogP contribution in [-0.2, 0) is 14.3 Å². The Morgan fingerprint density at radius 2 is 1.94 bits per heavy atom. The van der Waals surface area contributed by atoms with Crippen LogP contribution < -0.4 is 5.32 Å². The second-order valence-corrected chi connectivity index (χ2v) is 5.14. The van der Waals surface area contributed by atoms with E-state index in [-0.39, 0.29) is 12.1 Å². The van der Waals surface area contributed by atoms with Crippen molar-refractivity contribution >= 4 is 5.97 Å². The van der Waals surface area contributed by atoms with Crippen molar-refractivity contribution < 1.29 is 14.3 Å². The maximum absolute atomic E-state index is 11.6. The average Bonchev–Trinajstić information content (AvgIpc) is 2.27. The summed E-state index contributed by atoms with van der Waals surface area (Å²) in [6, 6.07) is 0. The lowest BCUT2D eigenvalue weighted by atomic mass is 9.95. The van der Waals surface area contributed by atoms with Gasteiger partial charge in [0.2, 0.25) is 0 Å². The first-order valence-corrected chi connectivity index (χ1v) is 6.24. The molecule has 0 aromatic carbocycles. The molecule has 0 spiro atoms. The molecule has 0 aromatic heterocycles. The predicted octanol–water partition coefficient (Wildman–Crippen LogP) is 1.98. The van der Waals surface area contributed by atoms with Crippen molar-refractivity contribution in [3.63, 3.8) is 0 Å². The van der Waals surface area contributed by atoms with Crippen molar-refractivity contribution in [3.05, 3.63) is 0 Å². The van der Waals surface area contributed by atoms with Gasteiger partial charge in [-0.25, -0.2) is 0 Å². The molecule has 2 unspecified atom stereocenters. The lowest BCUT2D eigenvalue weighted by molar-refractivity contribution is -0.149. The third-order valence-corrected chi connectivity index (χ3v) is 2.98. The largest absolute Gasteiger partial charge is 0.468 e. The van der Waals surface area contributed by atoms with Crippen LogP contribution >= 0.6 is 0 Å². The van der Waals surface area contributed by atoms with Gasteiger partial charge in [0.05, 0.1) is 13.2 Å². The Kier molecular flexibility index (Phi) is 7.39. The molecule has 0 fully saturated rings. The number of ether oxygens (including phenoxy) is 2. The van der Waals surface area contributed by atoms with Crippen molar-refractivity contribution in [2.24, 2.45) is 5.92 Å². The summed E-state index contributed by atoms with van der Waals surface area (Å²) in [5.74, 6) is 0.387. The number of methoxy groups -OCH3 is 1. The molecule has 0 amide bonds. The summed E-state index contributed by atoms with van der Waals surface area (Å²) in [4.78, 5) is 11.6. The van der Waals surface area contributed by atoms with Crippen LogP contribution in [0.1, 0.15) is 40.5 Å². The van der Waals surface area contributed by atoms with Gasteiger partial charge in [-0.05, 0) is 33.2 Å². The minimum absolute atomic E-state index is 0.0327. The van der Waals surface area contributed by atoms with E-state index in [1.807, 2.05) is 13.8 Å². The summed E-state index contributed by atoms with van der Waals surface area (Å²) in [6.07, 6.45) is 1.68. The van der Waals surface area contributed by atoms with Crippen LogP contribution in [0.15, 0.2) is 0 Å². The monoisotopic (exact) mass is 245 g/mol. The summed E-state index contributed by atoms with van der Waals surface area (Å²) in [5, 5.41) is 3.00. The highest BCUT2D eigenvalue weighted by atomic mass is 16.5. The molecule has 2 atom stereocenters. The molecule has 0 aliphatic heterocycles. The molecule has 0 heterocycles. The van der Waals surface area contributed by atoms with Crippen molar-refractivity contribution in [2.75, 3.05) is 20.8 Å². The molecule has 0 rings (SSSR count). The number of nitrogens with one attached hydrogen (secondary N) is 1. The molecule has 1 N–H and O–H groups in total. The van der Waals surface area contributed by atoms with Crippen LogP contribution in [0, 0.1) is 5.92 Å². The molecule has 0 saturated heterocycles. The lowest BCUT2D eigenvalue weighted by Gasteiger charge is -2.29. The first-order valence-electron chi connectivity index (χ1n) is 6.24. The summed E-state index contributed by atoms with van der Waals surface area (Å²) >= 11 is 0. The summed E-state index contributed by atoms with van der Waals surface area (Å²) in [5.41, 5.74) is -0.675. The van der Waals surface area contributed by atoms with Gasteiger partial charge in [0.25, 0.3) is 0 Å². The molecule has 17 heavy (non-hydrogen) atoms. The van der Waals surface area contributed by atoms with E-state index in [2.05, 4.69) is 19.2 Å². The molecule has 0 radical (unpaired) electrons. The lowest BCUT2D eigenvalue weighted by Crippen LogP contribution is -2.50. The third-order valence-electron chi connectivity index (χ3n) is 2.98. The van der Waals surface area contributed by atoms with Crippen molar-refractivity contribution in [1.82, 2.24) is 5.32 Å². The Bertz CT molecular complexity index is 231. The van der Waals surface area contributed by atoms with E-state index in [1.165, 1.54) is 7.11 Å². The molecular weight excluding hydrogens is 218 g/mol. The van der Waals surface area contributed by atoms with E-state index in [0.29, 0.717) is 12.3 Å². The molecule has 0 bridgehead atoms. The smallest absolute Gasteiger partial charge is 0.325 e. The first kappa shape index (κ1) is 16.4. The minimum Gasteiger partial charge on any atom is -0.468 e. The number of carbonyl (C=O) groups is 1. The van der Waals surface area contributed by atoms with Gasteiger partial charge in [-0.1, -0.05) is 13.8 Å². The number of esters is 1. The molecule has 0 saturated carbocycles. The highest BCUT2D eigenvalue weighted by molar-refractivity contribution is 5.80. The minimum atomic E-state index is -0.675. The second kappa shape index (κ2) is 7.67. The van der Waals surface area contributed by atoms with E-state index < -0.39 is 5.54 Å². The van der Waals surface area contributed by atoms with Crippen LogP contribution in [0.4, 0.5) is 0 Å². The van der Waals surface area contributed by atoms with Gasteiger partial charge in [-0.3, -0.25) is 4.79 Å². The molecule has 102 valence electrons. The van der Waals surface area contributed by atoms with Gasteiger partial charge in [0.15, 0.2) is 0 Å². The van der Waals surface area contributed by atoms with E-state index in [9.17, 15) is 4.79 Å². The quantitative estimate of drug-likeness (QED) is 0.664. The maximum atomic E-state index is 11.6. The highest BCUT2D eigenvalue weighted by Gasteiger charge is 2.34. The summed E-state index contributed by atoms with van der Waals surface area (Å²) in [7, 11) is 3.17. The van der Waals surface area contributed by atoms with Crippen LogP contribution in [-0.4, -0.2) is 38.4 Å². The fraction of sp³-hybridized carbons (Fsp3) is 0.923. The fourth-order valence-electron chi connectivity index (χ4n) is 1.65. The number of hydrogen-bond acceptors (Lipinski definition) is 4. The zero-order valence-electron chi connectivity index (χ0n) is 12.0. The number of likely N-dealkylation sites (N-methyl/N-ethyl adjacent to an activating group) is 1. The Balaban J connectivity index is 4.14. The summed E-state index contributed by atoms with van der Waals surface area (Å²) in [6.45, 7) is 8.89. The van der Waals surface area contributed by atoms with Crippen LogP contribution in [0.5, 0.6) is 0 Å². The standard InChI is InChI=1S/C13H27NO3/c1-10(2)7-8-17-11(3)9-13(4,14-5)12(15)16-6/h10-11,14H,7-9H2,1-6H3.